The van der Waals surface area contributed by atoms with E-state index >= 15 is 0 Å². The predicted molar refractivity (Wildman–Crippen MR) is 130 cm³/mol. The molecule has 0 saturated heterocycles. The van der Waals surface area contributed by atoms with E-state index in [0.29, 0.717) is 29.4 Å². The van der Waals surface area contributed by atoms with E-state index in [9.17, 15) is 14.4 Å². The van der Waals surface area contributed by atoms with Crippen molar-refractivity contribution < 1.29 is 9.59 Å². The number of thiophene rings is 1. The lowest BCUT2D eigenvalue weighted by Gasteiger charge is -2.30. The fourth-order valence-corrected chi connectivity index (χ4v) is 6.05. The second-order valence-corrected chi connectivity index (χ2v) is 10.9. The minimum Gasteiger partial charge on any atom is -0.352 e. The normalized spacial score (nSPS) is 20.1. The lowest BCUT2D eigenvalue weighted by Crippen LogP contribution is -2.34. The van der Waals surface area contributed by atoms with Gasteiger partial charge in [-0.05, 0) is 56.4 Å². The Bertz CT molecular complexity index is 1070. The Kier molecular flexibility index (Phi) is 5.80. The molecule has 0 bridgehead atoms. The number of nitrogens with zero attached hydrogens (tertiary/aromatic N) is 1. The number of H-pyrrole nitrogens is 1. The van der Waals surface area contributed by atoms with Gasteiger partial charge in [-0.15, -0.1) is 11.3 Å². The summed E-state index contributed by atoms with van der Waals surface area (Å²) in [5, 5.41) is 6.84. The van der Waals surface area contributed by atoms with Crippen molar-refractivity contribution in [3.05, 3.63) is 44.6 Å². The van der Waals surface area contributed by atoms with Gasteiger partial charge < -0.3 is 15.6 Å². The van der Waals surface area contributed by atoms with Gasteiger partial charge in [-0.3, -0.25) is 17.5 Å². The standard InChI is InChI=1S/C22H25IN4O3S/c23-27(18-10-15(28)7-8-24-18)14-5-6-17-16(9-14)19(21(30)25-11-12-1-2-12)22(31-17)26-20(29)13-3-4-13/h7-8,10,12-14H,1-6,9,11H2,(H,24,28)(H,25,30)(H,26,29). The molecular formula is C22H25IN4O3S. The largest absolute Gasteiger partial charge is 0.352 e. The molecule has 2 amide bonds. The van der Waals surface area contributed by atoms with Gasteiger partial charge in [0.15, 0.2) is 5.43 Å². The van der Waals surface area contributed by atoms with Crippen LogP contribution in [-0.4, -0.2) is 29.4 Å². The number of carbonyl (C=O) groups excluding carboxylic acids is 2. The van der Waals surface area contributed by atoms with Crippen LogP contribution in [0.25, 0.3) is 0 Å². The van der Waals surface area contributed by atoms with E-state index in [1.165, 1.54) is 23.8 Å². The molecule has 0 spiro atoms. The van der Waals surface area contributed by atoms with Crippen molar-refractivity contribution in [2.24, 2.45) is 11.8 Å². The van der Waals surface area contributed by atoms with Crippen LogP contribution in [0.4, 0.5) is 10.8 Å². The molecule has 9 heteroatoms. The summed E-state index contributed by atoms with van der Waals surface area (Å²) in [6.45, 7) is 0.701. The second kappa shape index (κ2) is 8.57. The van der Waals surface area contributed by atoms with Gasteiger partial charge in [-0.25, -0.2) is 0 Å². The van der Waals surface area contributed by atoms with Gasteiger partial charge in [0.1, 0.15) is 10.8 Å². The number of nitrogens with one attached hydrogen (secondary N) is 3. The van der Waals surface area contributed by atoms with Crippen molar-refractivity contribution >= 4 is 56.8 Å². The monoisotopic (exact) mass is 552 g/mol. The number of aromatic nitrogens is 1. The molecule has 31 heavy (non-hydrogen) atoms. The highest BCUT2D eigenvalue weighted by atomic mass is 127. The van der Waals surface area contributed by atoms with Crippen molar-refractivity contribution in [2.75, 3.05) is 15.0 Å². The maximum Gasteiger partial charge on any atom is 0.254 e. The number of pyridine rings is 1. The van der Waals surface area contributed by atoms with Crippen LogP contribution in [0, 0.1) is 11.8 Å². The van der Waals surface area contributed by atoms with Gasteiger partial charge in [0.2, 0.25) is 5.91 Å². The fourth-order valence-electron chi connectivity index (χ4n) is 4.05. The van der Waals surface area contributed by atoms with Crippen LogP contribution in [0.3, 0.4) is 0 Å². The molecule has 2 aromatic heterocycles. The first-order chi connectivity index (χ1) is 15.0. The van der Waals surface area contributed by atoms with Crippen molar-refractivity contribution in [3.63, 3.8) is 0 Å². The summed E-state index contributed by atoms with van der Waals surface area (Å²) in [5.41, 5.74) is 1.65. The molecule has 1 atom stereocenters. The minimum atomic E-state index is -0.0794. The Morgan fingerprint density at radius 2 is 2.03 bits per heavy atom. The number of carbonyl (C=O) groups is 2. The number of hydrogen-bond donors (Lipinski definition) is 3. The molecule has 0 aromatic carbocycles. The van der Waals surface area contributed by atoms with Crippen LogP contribution in [-0.2, 0) is 17.6 Å². The van der Waals surface area contributed by atoms with E-state index in [0.717, 1.165) is 37.1 Å². The molecular weight excluding hydrogens is 527 g/mol. The van der Waals surface area contributed by atoms with Gasteiger partial charge in [0, 0.05) is 41.7 Å². The van der Waals surface area contributed by atoms with Crippen LogP contribution in [0.5, 0.6) is 0 Å². The lowest BCUT2D eigenvalue weighted by atomic mass is 9.91. The number of anilines is 2. The quantitative estimate of drug-likeness (QED) is 0.361. The molecule has 2 heterocycles. The SMILES string of the molecule is O=C(NCC1CC1)c1c(NC(=O)C2CC2)sc2c1CC(N(I)c1cc(=O)cc[nH]1)CC2. The van der Waals surface area contributed by atoms with Crippen LogP contribution in [0.2, 0.25) is 0 Å². The molecule has 0 aliphatic heterocycles. The second-order valence-electron chi connectivity index (χ2n) is 8.74. The summed E-state index contributed by atoms with van der Waals surface area (Å²) in [4.78, 5) is 41.7. The smallest absolute Gasteiger partial charge is 0.254 e. The summed E-state index contributed by atoms with van der Waals surface area (Å²) in [7, 11) is 0. The van der Waals surface area contributed by atoms with Crippen molar-refractivity contribution in [3.8, 4) is 0 Å². The molecule has 3 aliphatic carbocycles. The summed E-state index contributed by atoms with van der Waals surface area (Å²) >= 11 is 3.80. The number of aryl methyl sites for hydroxylation is 1. The number of amides is 2. The Balaban J connectivity index is 1.41. The maximum atomic E-state index is 13.2. The molecule has 164 valence electrons. The van der Waals surface area contributed by atoms with E-state index in [2.05, 4.69) is 41.6 Å². The third kappa shape index (κ3) is 4.67. The van der Waals surface area contributed by atoms with Gasteiger partial charge >= 0.3 is 0 Å². The number of hydrogen-bond acceptors (Lipinski definition) is 5. The molecule has 1 unspecified atom stereocenters. The highest BCUT2D eigenvalue weighted by Gasteiger charge is 2.35. The van der Waals surface area contributed by atoms with E-state index in [1.54, 1.807) is 23.6 Å². The average Bonchev–Trinajstić information content (AvgIpc) is 3.67. The van der Waals surface area contributed by atoms with E-state index in [4.69, 9.17) is 0 Å². The zero-order chi connectivity index (χ0) is 21.5. The minimum absolute atomic E-state index is 0.0313. The third-order valence-corrected chi connectivity index (χ3v) is 8.72. The van der Waals surface area contributed by atoms with Gasteiger partial charge in [0.05, 0.1) is 28.4 Å². The highest BCUT2D eigenvalue weighted by molar-refractivity contribution is 14.1. The van der Waals surface area contributed by atoms with Crippen LogP contribution in [0.1, 0.15) is 52.9 Å². The highest BCUT2D eigenvalue weighted by Crippen LogP contribution is 2.41. The Morgan fingerprint density at radius 3 is 2.74 bits per heavy atom. The van der Waals surface area contributed by atoms with Crippen LogP contribution in [0.15, 0.2) is 23.1 Å². The fraction of sp³-hybridized carbons (Fsp3) is 0.500. The summed E-state index contributed by atoms with van der Waals surface area (Å²) in [5.74, 6) is 1.40. The van der Waals surface area contributed by atoms with Gasteiger partial charge in [-0.2, -0.15) is 0 Å². The summed E-state index contributed by atoms with van der Waals surface area (Å²) in [6, 6.07) is 3.26. The van der Waals surface area contributed by atoms with E-state index < -0.39 is 0 Å². The summed E-state index contributed by atoms with van der Waals surface area (Å²) < 4.78 is 2.06. The molecule has 2 aromatic rings. The molecule has 3 aliphatic rings. The Labute approximate surface area is 198 Å². The molecule has 2 saturated carbocycles. The molecule has 3 N–H and O–H groups in total. The third-order valence-electron chi connectivity index (χ3n) is 6.20. The predicted octanol–water partition coefficient (Wildman–Crippen LogP) is 3.64. The van der Waals surface area contributed by atoms with Crippen molar-refractivity contribution in [2.45, 2.75) is 51.0 Å². The first-order valence-corrected chi connectivity index (χ1v) is 12.6. The van der Waals surface area contributed by atoms with Gasteiger partial charge in [0.25, 0.3) is 5.91 Å². The molecule has 7 nitrogen and oxygen atoms in total. The van der Waals surface area contributed by atoms with E-state index in [1.807, 2.05) is 0 Å². The van der Waals surface area contributed by atoms with Crippen molar-refractivity contribution in [1.82, 2.24) is 10.3 Å². The maximum absolute atomic E-state index is 13.2. The number of rotatable bonds is 7. The number of aromatic amines is 1. The zero-order valence-corrected chi connectivity index (χ0v) is 20.1. The van der Waals surface area contributed by atoms with Crippen LogP contribution >= 0.6 is 34.2 Å². The zero-order valence-electron chi connectivity index (χ0n) is 17.1. The number of fused-ring (bicyclic) bond motifs is 1. The topological polar surface area (TPSA) is 94.3 Å². The molecule has 5 rings (SSSR count). The van der Waals surface area contributed by atoms with Crippen molar-refractivity contribution in [1.29, 1.82) is 0 Å². The average molecular weight is 552 g/mol. The molecule has 2 fully saturated rings. The van der Waals surface area contributed by atoms with E-state index in [-0.39, 0.29) is 29.2 Å². The number of halogens is 1. The first kappa shape index (κ1) is 21.0. The van der Waals surface area contributed by atoms with Crippen LogP contribution < -0.4 is 19.2 Å². The first-order valence-electron chi connectivity index (χ1n) is 10.9. The summed E-state index contributed by atoms with van der Waals surface area (Å²) in [6.07, 6.45) is 8.35. The van der Waals surface area contributed by atoms with Gasteiger partial charge in [-0.1, -0.05) is 0 Å². The Morgan fingerprint density at radius 1 is 1.23 bits per heavy atom. The Hall–Kier alpha value is -1.88. The lowest BCUT2D eigenvalue weighted by molar-refractivity contribution is -0.117. The molecule has 0 radical (unpaired) electrons.